The van der Waals surface area contributed by atoms with E-state index in [0.29, 0.717) is 11.0 Å². The Hall–Kier alpha value is -1.57. The third-order valence-corrected chi connectivity index (χ3v) is 6.24. The molecule has 0 amide bonds. The van der Waals surface area contributed by atoms with Gasteiger partial charge < -0.3 is 0 Å². The molecule has 1 unspecified atom stereocenters. The Morgan fingerprint density at radius 2 is 2.30 bits per heavy atom. The molecule has 3 aromatic rings. The van der Waals surface area contributed by atoms with Crippen molar-refractivity contribution in [2.45, 2.75) is 39.3 Å². The molecule has 5 nitrogen and oxygen atoms in total. The fourth-order valence-electron chi connectivity index (χ4n) is 3.31. The average Bonchev–Trinajstić information content (AvgIpc) is 3.13. The van der Waals surface area contributed by atoms with Crippen LogP contribution in [0.5, 0.6) is 0 Å². The number of aryl methyl sites for hydroxylation is 1. The lowest BCUT2D eigenvalue weighted by molar-refractivity contribution is 0.172. The van der Waals surface area contributed by atoms with Gasteiger partial charge in [-0.05, 0) is 36.8 Å². The van der Waals surface area contributed by atoms with E-state index in [0.717, 1.165) is 36.6 Å². The molecular weight excluding hydrogens is 328 g/mol. The van der Waals surface area contributed by atoms with E-state index >= 15 is 0 Å². The molecule has 0 bridgehead atoms. The maximum absolute atomic E-state index is 12.0. The summed E-state index contributed by atoms with van der Waals surface area (Å²) in [5.41, 5.74) is 2.12. The van der Waals surface area contributed by atoms with Crippen LogP contribution in [0.15, 0.2) is 22.3 Å². The smallest absolute Gasteiger partial charge is 0.275 e. The van der Waals surface area contributed by atoms with Crippen molar-refractivity contribution in [3.63, 3.8) is 0 Å². The number of hydrogen-bond donors (Lipinski definition) is 0. The van der Waals surface area contributed by atoms with Crippen LogP contribution in [0.2, 0.25) is 0 Å². The molecule has 0 radical (unpaired) electrons. The molecular formula is C16H18N4OS2. The number of rotatable bonds is 3. The van der Waals surface area contributed by atoms with Crippen LogP contribution in [-0.4, -0.2) is 26.0 Å². The molecule has 0 N–H and O–H groups in total. The van der Waals surface area contributed by atoms with Gasteiger partial charge in [-0.25, -0.2) is 4.98 Å². The minimum atomic E-state index is -0.0965. The summed E-state index contributed by atoms with van der Waals surface area (Å²) < 4.78 is 1.42. The van der Waals surface area contributed by atoms with Gasteiger partial charge in [0.15, 0.2) is 0 Å². The van der Waals surface area contributed by atoms with E-state index in [1.54, 1.807) is 0 Å². The highest BCUT2D eigenvalue weighted by Gasteiger charge is 2.27. The first kappa shape index (κ1) is 15.0. The fourth-order valence-corrected chi connectivity index (χ4v) is 5.21. The lowest BCUT2D eigenvalue weighted by atomic mass is 9.98. The summed E-state index contributed by atoms with van der Waals surface area (Å²) in [5, 5.41) is 7.63. The van der Waals surface area contributed by atoms with Gasteiger partial charge >= 0.3 is 0 Å². The van der Waals surface area contributed by atoms with E-state index in [1.165, 1.54) is 32.4 Å². The maximum atomic E-state index is 12.0. The van der Waals surface area contributed by atoms with Crippen molar-refractivity contribution in [1.29, 1.82) is 0 Å². The van der Waals surface area contributed by atoms with Crippen LogP contribution in [0.25, 0.3) is 4.96 Å². The summed E-state index contributed by atoms with van der Waals surface area (Å²) in [5.74, 6) is 0. The van der Waals surface area contributed by atoms with E-state index in [2.05, 4.69) is 33.4 Å². The van der Waals surface area contributed by atoms with Gasteiger partial charge in [0.05, 0.1) is 6.54 Å². The second-order valence-electron chi connectivity index (χ2n) is 5.87. The van der Waals surface area contributed by atoms with Crippen molar-refractivity contribution in [2.75, 3.05) is 6.54 Å². The van der Waals surface area contributed by atoms with Crippen LogP contribution in [0.4, 0.5) is 0 Å². The highest BCUT2D eigenvalue weighted by atomic mass is 32.1. The van der Waals surface area contributed by atoms with Crippen LogP contribution in [0.1, 0.15) is 40.5 Å². The molecule has 0 spiro atoms. The third-order valence-electron chi connectivity index (χ3n) is 4.35. The molecule has 4 heterocycles. The first-order chi connectivity index (χ1) is 11.2. The SMILES string of the molecule is CCC1c2ccsc2CCN1Cc1nn2c(=O)cc(C)nc2s1. The molecule has 7 heteroatoms. The van der Waals surface area contributed by atoms with Gasteiger partial charge in [-0.2, -0.15) is 9.61 Å². The van der Waals surface area contributed by atoms with Crippen molar-refractivity contribution in [1.82, 2.24) is 19.5 Å². The Morgan fingerprint density at radius 3 is 3.13 bits per heavy atom. The maximum Gasteiger partial charge on any atom is 0.275 e. The van der Waals surface area contributed by atoms with Gasteiger partial charge in [0, 0.05) is 29.2 Å². The minimum absolute atomic E-state index is 0.0965. The molecule has 1 atom stereocenters. The van der Waals surface area contributed by atoms with Gasteiger partial charge in [-0.3, -0.25) is 9.69 Å². The second-order valence-corrected chi connectivity index (χ2v) is 7.91. The van der Waals surface area contributed by atoms with Gasteiger partial charge in [0.25, 0.3) is 5.56 Å². The van der Waals surface area contributed by atoms with Crippen molar-refractivity contribution >= 4 is 27.6 Å². The van der Waals surface area contributed by atoms with Crippen molar-refractivity contribution in [3.05, 3.63) is 49.0 Å². The Balaban J connectivity index is 1.65. The number of fused-ring (bicyclic) bond motifs is 2. The molecule has 0 saturated heterocycles. The van der Waals surface area contributed by atoms with Crippen LogP contribution < -0.4 is 5.56 Å². The molecule has 0 aromatic carbocycles. The largest absolute Gasteiger partial charge is 0.289 e. The van der Waals surface area contributed by atoms with Crippen molar-refractivity contribution in [3.8, 4) is 0 Å². The van der Waals surface area contributed by atoms with E-state index in [1.807, 2.05) is 18.3 Å². The molecule has 1 aliphatic heterocycles. The molecule has 0 saturated carbocycles. The van der Waals surface area contributed by atoms with Crippen LogP contribution in [0.3, 0.4) is 0 Å². The van der Waals surface area contributed by atoms with E-state index in [9.17, 15) is 4.79 Å². The minimum Gasteiger partial charge on any atom is -0.289 e. The van der Waals surface area contributed by atoms with E-state index < -0.39 is 0 Å². The lowest BCUT2D eigenvalue weighted by Gasteiger charge is -2.34. The topological polar surface area (TPSA) is 50.5 Å². The standard InChI is InChI=1S/C16H18N4OS2/c1-3-12-11-5-7-22-13(11)4-6-19(12)9-14-18-20-15(21)8-10(2)17-16(20)23-14/h5,7-8,12H,3-4,6,9H2,1-2H3. The number of aromatic nitrogens is 3. The monoisotopic (exact) mass is 346 g/mol. The Bertz CT molecular complexity index is 910. The zero-order valence-electron chi connectivity index (χ0n) is 13.2. The first-order valence-corrected chi connectivity index (χ1v) is 9.52. The number of hydrogen-bond acceptors (Lipinski definition) is 6. The van der Waals surface area contributed by atoms with Crippen molar-refractivity contribution < 1.29 is 0 Å². The predicted octanol–water partition coefficient (Wildman–Crippen LogP) is 3.03. The second kappa shape index (κ2) is 5.81. The Labute approximate surface area is 142 Å². The normalized spacial score (nSPS) is 18.4. The van der Waals surface area contributed by atoms with Crippen molar-refractivity contribution in [2.24, 2.45) is 0 Å². The summed E-state index contributed by atoms with van der Waals surface area (Å²) in [6.07, 6.45) is 2.19. The third kappa shape index (κ3) is 2.62. The quantitative estimate of drug-likeness (QED) is 0.731. The summed E-state index contributed by atoms with van der Waals surface area (Å²) in [6, 6.07) is 4.24. The summed E-state index contributed by atoms with van der Waals surface area (Å²) in [6.45, 7) is 5.90. The predicted molar refractivity (Wildman–Crippen MR) is 93.3 cm³/mol. The highest BCUT2D eigenvalue weighted by molar-refractivity contribution is 7.16. The molecule has 3 aromatic heterocycles. The van der Waals surface area contributed by atoms with Crippen LogP contribution >= 0.6 is 22.7 Å². The van der Waals surface area contributed by atoms with Crippen LogP contribution in [-0.2, 0) is 13.0 Å². The Kier molecular flexibility index (Phi) is 3.79. The number of nitrogens with zero attached hydrogens (tertiary/aromatic N) is 4. The van der Waals surface area contributed by atoms with Gasteiger partial charge in [0.1, 0.15) is 5.01 Å². The van der Waals surface area contributed by atoms with Gasteiger partial charge in [0.2, 0.25) is 4.96 Å². The lowest BCUT2D eigenvalue weighted by Crippen LogP contribution is -2.34. The highest BCUT2D eigenvalue weighted by Crippen LogP contribution is 2.36. The van der Waals surface area contributed by atoms with E-state index in [4.69, 9.17) is 0 Å². The zero-order chi connectivity index (χ0) is 16.0. The molecule has 0 fully saturated rings. The molecule has 1 aliphatic rings. The molecule has 120 valence electrons. The number of thiophene rings is 1. The summed E-state index contributed by atoms with van der Waals surface area (Å²) in [7, 11) is 0. The molecule has 0 aliphatic carbocycles. The zero-order valence-corrected chi connectivity index (χ0v) is 14.8. The molecule has 4 rings (SSSR count). The van der Waals surface area contributed by atoms with Crippen LogP contribution in [0, 0.1) is 6.92 Å². The molecule has 23 heavy (non-hydrogen) atoms. The summed E-state index contributed by atoms with van der Waals surface area (Å²) >= 11 is 3.38. The average molecular weight is 346 g/mol. The van der Waals surface area contributed by atoms with Gasteiger partial charge in [-0.1, -0.05) is 18.3 Å². The fraction of sp³-hybridized carbons (Fsp3) is 0.438. The first-order valence-electron chi connectivity index (χ1n) is 7.82. The van der Waals surface area contributed by atoms with Gasteiger partial charge in [-0.15, -0.1) is 11.3 Å². The Morgan fingerprint density at radius 1 is 1.43 bits per heavy atom. The summed E-state index contributed by atoms with van der Waals surface area (Å²) in [4.78, 5) is 21.1. The van der Waals surface area contributed by atoms with E-state index in [-0.39, 0.29) is 5.56 Å².